The van der Waals surface area contributed by atoms with E-state index in [1.165, 1.54) is 6.07 Å². The largest absolute Gasteiger partial charge is 0.433 e. The highest BCUT2D eigenvalue weighted by atomic mass is 35.5. The van der Waals surface area contributed by atoms with Crippen molar-refractivity contribution >= 4 is 40.3 Å². The number of hydrogen-bond donors (Lipinski definition) is 2. The Morgan fingerprint density at radius 3 is 2.52 bits per heavy atom. The second kappa shape index (κ2) is 5.87. The molecule has 0 aliphatic heterocycles. The second-order valence-corrected chi connectivity index (χ2v) is 4.97. The maximum atomic E-state index is 12.7. The molecule has 0 radical (unpaired) electrons. The monoisotopic (exact) mass is 331 g/mol. The number of pyridine rings is 1. The fourth-order valence-electron chi connectivity index (χ4n) is 1.61. The Morgan fingerprint density at radius 2 is 1.95 bits per heavy atom. The van der Waals surface area contributed by atoms with Crippen LogP contribution in [0.5, 0.6) is 0 Å². The molecule has 0 amide bonds. The second-order valence-electron chi connectivity index (χ2n) is 4.09. The molecule has 1 aromatic carbocycles. The highest BCUT2D eigenvalue weighted by molar-refractivity contribution is 7.80. The van der Waals surface area contributed by atoms with E-state index in [2.05, 4.69) is 10.3 Å². The molecule has 8 heteroatoms. The number of anilines is 2. The third-order valence-corrected chi connectivity index (χ3v) is 2.99. The van der Waals surface area contributed by atoms with Crippen molar-refractivity contribution < 1.29 is 13.2 Å². The van der Waals surface area contributed by atoms with Gasteiger partial charge in [0.05, 0.1) is 5.56 Å². The average Bonchev–Trinajstić information content (AvgIpc) is 2.37. The number of nitrogens with one attached hydrogen (secondary N) is 1. The van der Waals surface area contributed by atoms with Gasteiger partial charge in [-0.2, -0.15) is 13.2 Å². The molecule has 0 spiro atoms. The molecule has 0 aliphatic rings. The number of benzene rings is 1. The molecule has 110 valence electrons. The SMILES string of the molecule is NC(=S)c1ccc(C(F)(F)F)nc1Nc1cccc(Cl)c1. The summed E-state index contributed by atoms with van der Waals surface area (Å²) < 4.78 is 38.2. The lowest BCUT2D eigenvalue weighted by Crippen LogP contribution is -2.16. The van der Waals surface area contributed by atoms with Crippen molar-refractivity contribution in [3.63, 3.8) is 0 Å². The standard InChI is InChI=1S/C13H9ClF3N3S/c14-7-2-1-3-8(6-7)19-12-9(11(18)21)4-5-10(20-12)13(15,16)17/h1-6H,(H2,18,21)(H,19,20). The Labute approximate surface area is 128 Å². The first-order valence-corrected chi connectivity index (χ1v) is 6.46. The average molecular weight is 332 g/mol. The van der Waals surface area contributed by atoms with E-state index in [4.69, 9.17) is 29.6 Å². The summed E-state index contributed by atoms with van der Waals surface area (Å²) in [6.07, 6.45) is -4.56. The number of alkyl halides is 3. The van der Waals surface area contributed by atoms with E-state index < -0.39 is 11.9 Å². The van der Waals surface area contributed by atoms with Crippen LogP contribution in [0.15, 0.2) is 36.4 Å². The lowest BCUT2D eigenvalue weighted by atomic mass is 10.2. The van der Waals surface area contributed by atoms with Gasteiger partial charge in [0.25, 0.3) is 0 Å². The van der Waals surface area contributed by atoms with Crippen molar-refractivity contribution in [3.05, 3.63) is 52.7 Å². The number of nitrogens with zero attached hydrogens (tertiary/aromatic N) is 1. The van der Waals surface area contributed by atoms with Crippen molar-refractivity contribution in [2.45, 2.75) is 6.18 Å². The lowest BCUT2D eigenvalue weighted by molar-refractivity contribution is -0.141. The Bertz CT molecular complexity index is 689. The van der Waals surface area contributed by atoms with Crippen LogP contribution >= 0.6 is 23.8 Å². The summed E-state index contributed by atoms with van der Waals surface area (Å²) in [6, 6.07) is 8.49. The summed E-state index contributed by atoms with van der Waals surface area (Å²) >= 11 is 10.6. The minimum atomic E-state index is -4.56. The van der Waals surface area contributed by atoms with Crippen LogP contribution < -0.4 is 11.1 Å². The molecule has 1 aromatic heterocycles. The first-order valence-electron chi connectivity index (χ1n) is 5.68. The Hall–Kier alpha value is -1.86. The van der Waals surface area contributed by atoms with Gasteiger partial charge in [-0.05, 0) is 30.3 Å². The van der Waals surface area contributed by atoms with Crippen LogP contribution in [0.2, 0.25) is 5.02 Å². The molecule has 1 heterocycles. The molecule has 21 heavy (non-hydrogen) atoms. The highest BCUT2D eigenvalue weighted by Gasteiger charge is 2.33. The fourth-order valence-corrected chi connectivity index (χ4v) is 1.97. The molecule has 0 bridgehead atoms. The number of thiocarbonyl (C=S) groups is 1. The van der Waals surface area contributed by atoms with Crippen LogP contribution in [-0.2, 0) is 6.18 Å². The fraction of sp³-hybridized carbons (Fsp3) is 0.0769. The Balaban J connectivity index is 2.46. The van der Waals surface area contributed by atoms with E-state index in [1.54, 1.807) is 24.3 Å². The van der Waals surface area contributed by atoms with Gasteiger partial charge in [0.2, 0.25) is 0 Å². The quantitative estimate of drug-likeness (QED) is 0.830. The van der Waals surface area contributed by atoms with E-state index in [1.807, 2.05) is 0 Å². The van der Waals surface area contributed by atoms with Gasteiger partial charge in [0, 0.05) is 10.7 Å². The maximum Gasteiger partial charge on any atom is 0.433 e. The molecule has 2 aromatic rings. The van der Waals surface area contributed by atoms with E-state index in [0.29, 0.717) is 10.7 Å². The summed E-state index contributed by atoms with van der Waals surface area (Å²) in [7, 11) is 0. The van der Waals surface area contributed by atoms with Gasteiger partial charge in [-0.15, -0.1) is 0 Å². The summed E-state index contributed by atoms with van der Waals surface area (Å²) in [6.45, 7) is 0. The van der Waals surface area contributed by atoms with Crippen molar-refractivity contribution in [2.75, 3.05) is 5.32 Å². The van der Waals surface area contributed by atoms with Crippen molar-refractivity contribution in [1.82, 2.24) is 4.98 Å². The summed E-state index contributed by atoms with van der Waals surface area (Å²) in [5.74, 6) is -0.0698. The predicted molar refractivity (Wildman–Crippen MR) is 79.9 cm³/mol. The van der Waals surface area contributed by atoms with Gasteiger partial charge in [0.1, 0.15) is 16.5 Å². The van der Waals surface area contributed by atoms with E-state index in [0.717, 1.165) is 6.07 Å². The van der Waals surface area contributed by atoms with Crippen LogP contribution in [0.3, 0.4) is 0 Å². The summed E-state index contributed by atoms with van der Waals surface area (Å²) in [4.78, 5) is 3.49. The van der Waals surface area contributed by atoms with Crippen molar-refractivity contribution in [2.24, 2.45) is 5.73 Å². The number of halogens is 4. The number of rotatable bonds is 3. The molecule has 2 rings (SSSR count). The molecule has 0 unspecified atom stereocenters. The van der Waals surface area contributed by atoms with Crippen LogP contribution in [0, 0.1) is 0 Å². The number of nitrogens with two attached hydrogens (primary N) is 1. The first kappa shape index (κ1) is 15.5. The van der Waals surface area contributed by atoms with Gasteiger partial charge >= 0.3 is 6.18 Å². The van der Waals surface area contributed by atoms with Gasteiger partial charge in [-0.1, -0.05) is 29.9 Å². The predicted octanol–water partition coefficient (Wildman–Crippen LogP) is 4.13. The van der Waals surface area contributed by atoms with Crippen molar-refractivity contribution in [1.29, 1.82) is 0 Å². The lowest BCUT2D eigenvalue weighted by Gasteiger charge is -2.13. The third kappa shape index (κ3) is 3.83. The normalized spacial score (nSPS) is 11.2. The van der Waals surface area contributed by atoms with Crippen molar-refractivity contribution in [3.8, 4) is 0 Å². The molecular formula is C13H9ClF3N3S. The third-order valence-electron chi connectivity index (χ3n) is 2.54. The van der Waals surface area contributed by atoms with Gasteiger partial charge in [-0.25, -0.2) is 4.98 Å². The first-order chi connectivity index (χ1) is 9.77. The number of hydrogen-bond acceptors (Lipinski definition) is 3. The van der Waals surface area contributed by atoms with Gasteiger partial charge in [0.15, 0.2) is 0 Å². The van der Waals surface area contributed by atoms with Crippen LogP contribution in [0.1, 0.15) is 11.3 Å². The Kier molecular flexibility index (Phi) is 4.34. The molecule has 0 atom stereocenters. The zero-order chi connectivity index (χ0) is 15.6. The molecule has 3 nitrogen and oxygen atoms in total. The summed E-state index contributed by atoms with van der Waals surface area (Å²) in [5.41, 5.74) is 5.17. The molecule has 0 fully saturated rings. The van der Waals surface area contributed by atoms with E-state index >= 15 is 0 Å². The smallest absolute Gasteiger partial charge is 0.389 e. The topological polar surface area (TPSA) is 50.9 Å². The molecular weight excluding hydrogens is 323 g/mol. The minimum absolute atomic E-state index is 0.0549. The van der Waals surface area contributed by atoms with E-state index in [-0.39, 0.29) is 16.4 Å². The number of aromatic nitrogens is 1. The minimum Gasteiger partial charge on any atom is -0.389 e. The zero-order valence-electron chi connectivity index (χ0n) is 10.4. The molecule has 0 saturated heterocycles. The molecule has 0 aliphatic carbocycles. The zero-order valence-corrected chi connectivity index (χ0v) is 12.0. The maximum absolute atomic E-state index is 12.7. The summed E-state index contributed by atoms with van der Waals surface area (Å²) in [5, 5.41) is 3.18. The Morgan fingerprint density at radius 1 is 1.24 bits per heavy atom. The van der Waals surface area contributed by atoms with Crippen LogP contribution in [0.25, 0.3) is 0 Å². The van der Waals surface area contributed by atoms with E-state index in [9.17, 15) is 13.2 Å². The van der Waals surface area contributed by atoms with Gasteiger partial charge in [-0.3, -0.25) is 0 Å². The highest BCUT2D eigenvalue weighted by Crippen LogP contribution is 2.30. The van der Waals surface area contributed by atoms with Crippen LogP contribution in [-0.4, -0.2) is 9.97 Å². The molecule has 0 saturated carbocycles. The van der Waals surface area contributed by atoms with Crippen LogP contribution in [0.4, 0.5) is 24.7 Å². The molecule has 3 N–H and O–H groups in total. The van der Waals surface area contributed by atoms with Gasteiger partial charge < -0.3 is 11.1 Å².